The summed E-state index contributed by atoms with van der Waals surface area (Å²) in [6, 6.07) is 0. The van der Waals surface area contributed by atoms with E-state index in [4.69, 9.17) is 5.21 Å². The van der Waals surface area contributed by atoms with E-state index < -0.39 is 0 Å². The molecule has 0 bridgehead atoms. The van der Waals surface area contributed by atoms with Gasteiger partial charge in [0.25, 0.3) is 0 Å². The molecule has 3 nitrogen and oxygen atoms in total. The van der Waals surface area contributed by atoms with Gasteiger partial charge in [0.15, 0.2) is 0 Å². The van der Waals surface area contributed by atoms with Crippen molar-refractivity contribution in [2.75, 3.05) is 7.05 Å². The first-order valence-electron chi connectivity index (χ1n) is 3.13. The second-order valence-electron chi connectivity index (χ2n) is 2.23. The minimum absolute atomic E-state index is 0.144. The Labute approximate surface area is 55.1 Å². The molecule has 1 atom stereocenters. The molecular weight excluding hydrogens is 116 g/mol. The van der Waals surface area contributed by atoms with Crippen LogP contribution in [0, 0.1) is 0 Å². The van der Waals surface area contributed by atoms with E-state index in [1.54, 1.807) is 6.20 Å². The molecule has 52 valence electrons. The Morgan fingerprint density at radius 2 is 2.22 bits per heavy atom. The number of rotatable bonds is 1. The van der Waals surface area contributed by atoms with Crippen molar-refractivity contribution in [3.63, 3.8) is 0 Å². The first-order valence-corrected chi connectivity index (χ1v) is 3.13. The van der Waals surface area contributed by atoms with Gasteiger partial charge in [0.05, 0.1) is 0 Å². The van der Waals surface area contributed by atoms with Crippen LogP contribution in [0.15, 0.2) is 12.4 Å². The van der Waals surface area contributed by atoms with Crippen LogP contribution in [0.25, 0.3) is 0 Å². The lowest BCUT2D eigenvalue weighted by molar-refractivity contribution is -0.0998. The fourth-order valence-electron chi connectivity index (χ4n) is 1.03. The zero-order valence-electron chi connectivity index (χ0n) is 5.78. The highest BCUT2D eigenvalue weighted by Crippen LogP contribution is 2.12. The van der Waals surface area contributed by atoms with E-state index in [1.165, 1.54) is 5.06 Å². The summed E-state index contributed by atoms with van der Waals surface area (Å²) >= 11 is 0. The Balaban J connectivity index is 2.53. The Morgan fingerprint density at radius 3 is 2.44 bits per heavy atom. The summed E-state index contributed by atoms with van der Waals surface area (Å²) in [7, 11) is 1.95. The number of nitrogens with zero attached hydrogens (tertiary/aromatic N) is 2. The Hall–Kier alpha value is -0.700. The highest BCUT2D eigenvalue weighted by Gasteiger charge is 2.18. The van der Waals surface area contributed by atoms with Gasteiger partial charge in [-0.1, -0.05) is 6.92 Å². The first kappa shape index (κ1) is 6.42. The third-order valence-electron chi connectivity index (χ3n) is 1.60. The van der Waals surface area contributed by atoms with Crippen LogP contribution >= 0.6 is 0 Å². The SMILES string of the molecule is CCC1N(C)C=CN1O. The third-order valence-corrected chi connectivity index (χ3v) is 1.60. The molecule has 1 unspecified atom stereocenters. The van der Waals surface area contributed by atoms with Gasteiger partial charge in [0, 0.05) is 19.4 Å². The topological polar surface area (TPSA) is 26.7 Å². The molecule has 3 heteroatoms. The largest absolute Gasteiger partial charge is 0.357 e. The van der Waals surface area contributed by atoms with Crippen molar-refractivity contribution in [1.82, 2.24) is 9.96 Å². The average molecular weight is 128 g/mol. The zero-order chi connectivity index (χ0) is 6.85. The molecule has 1 N–H and O–H groups in total. The normalized spacial score (nSPS) is 25.9. The van der Waals surface area contributed by atoms with Crippen molar-refractivity contribution >= 4 is 0 Å². The molecule has 0 amide bonds. The van der Waals surface area contributed by atoms with Crippen LogP contribution in [-0.4, -0.2) is 28.4 Å². The molecule has 0 saturated carbocycles. The van der Waals surface area contributed by atoms with Gasteiger partial charge in [-0.25, -0.2) is 5.06 Å². The van der Waals surface area contributed by atoms with Crippen LogP contribution in [0.3, 0.4) is 0 Å². The summed E-state index contributed by atoms with van der Waals surface area (Å²) in [5.41, 5.74) is 0. The molecule has 0 fully saturated rings. The van der Waals surface area contributed by atoms with Crippen molar-refractivity contribution in [3.8, 4) is 0 Å². The predicted molar refractivity (Wildman–Crippen MR) is 34.6 cm³/mol. The summed E-state index contributed by atoms with van der Waals surface area (Å²) in [6.07, 6.45) is 4.59. The van der Waals surface area contributed by atoms with E-state index in [-0.39, 0.29) is 6.17 Å². The van der Waals surface area contributed by atoms with Crippen molar-refractivity contribution in [2.24, 2.45) is 0 Å². The molecular formula is C6H12N2O. The summed E-state index contributed by atoms with van der Waals surface area (Å²) in [5.74, 6) is 0. The third kappa shape index (κ3) is 1.00. The predicted octanol–water partition coefficient (Wildman–Crippen LogP) is 0.830. The lowest BCUT2D eigenvalue weighted by atomic mass is 10.4. The number of hydrogen-bond acceptors (Lipinski definition) is 3. The monoisotopic (exact) mass is 128 g/mol. The molecule has 0 radical (unpaired) electrons. The quantitative estimate of drug-likeness (QED) is 0.566. The van der Waals surface area contributed by atoms with Crippen LogP contribution in [0.1, 0.15) is 13.3 Å². The average Bonchev–Trinajstić information content (AvgIpc) is 2.12. The van der Waals surface area contributed by atoms with Gasteiger partial charge in [-0.2, -0.15) is 0 Å². The molecule has 0 saturated heterocycles. The fraction of sp³-hybridized carbons (Fsp3) is 0.667. The molecule has 0 aromatic carbocycles. The minimum Gasteiger partial charge on any atom is -0.357 e. The Morgan fingerprint density at radius 1 is 1.56 bits per heavy atom. The van der Waals surface area contributed by atoms with E-state index in [0.29, 0.717) is 0 Å². The maximum Gasteiger partial charge on any atom is 0.125 e. The second kappa shape index (κ2) is 2.27. The molecule has 1 aliphatic rings. The van der Waals surface area contributed by atoms with Crippen LogP contribution in [0.2, 0.25) is 0 Å². The summed E-state index contributed by atoms with van der Waals surface area (Å²) in [5, 5.41) is 10.3. The van der Waals surface area contributed by atoms with Gasteiger partial charge in [-0.15, -0.1) is 0 Å². The zero-order valence-corrected chi connectivity index (χ0v) is 5.78. The molecule has 0 spiro atoms. The number of hydroxylamine groups is 2. The Kier molecular flexibility index (Phi) is 1.62. The number of hydrogen-bond donors (Lipinski definition) is 1. The lowest BCUT2D eigenvalue weighted by Crippen LogP contribution is -2.33. The van der Waals surface area contributed by atoms with Crippen molar-refractivity contribution in [1.29, 1.82) is 0 Å². The summed E-state index contributed by atoms with van der Waals surface area (Å²) in [4.78, 5) is 1.97. The van der Waals surface area contributed by atoms with Crippen molar-refractivity contribution < 1.29 is 5.21 Å². The Bertz CT molecular complexity index is 112. The first-order chi connectivity index (χ1) is 4.25. The van der Waals surface area contributed by atoms with Gasteiger partial charge in [-0.3, -0.25) is 5.21 Å². The van der Waals surface area contributed by atoms with Gasteiger partial charge in [0.1, 0.15) is 6.17 Å². The molecule has 1 aliphatic heterocycles. The van der Waals surface area contributed by atoms with E-state index in [9.17, 15) is 0 Å². The maximum absolute atomic E-state index is 9.06. The second-order valence-corrected chi connectivity index (χ2v) is 2.23. The van der Waals surface area contributed by atoms with Gasteiger partial charge >= 0.3 is 0 Å². The molecule has 1 heterocycles. The minimum atomic E-state index is 0.144. The van der Waals surface area contributed by atoms with Crippen LogP contribution in [0.4, 0.5) is 0 Å². The van der Waals surface area contributed by atoms with Gasteiger partial charge in [0.2, 0.25) is 0 Å². The van der Waals surface area contributed by atoms with E-state index in [0.717, 1.165) is 6.42 Å². The molecule has 9 heavy (non-hydrogen) atoms. The highest BCUT2D eigenvalue weighted by molar-refractivity contribution is 4.90. The summed E-state index contributed by atoms with van der Waals surface area (Å²) in [6.45, 7) is 2.04. The molecule has 0 aromatic heterocycles. The van der Waals surface area contributed by atoms with E-state index in [2.05, 4.69) is 0 Å². The fourth-order valence-corrected chi connectivity index (χ4v) is 1.03. The lowest BCUT2D eigenvalue weighted by Gasteiger charge is -2.23. The van der Waals surface area contributed by atoms with Crippen molar-refractivity contribution in [2.45, 2.75) is 19.5 Å². The smallest absolute Gasteiger partial charge is 0.125 e. The summed E-state index contributed by atoms with van der Waals surface area (Å²) < 4.78 is 0. The van der Waals surface area contributed by atoms with Gasteiger partial charge in [-0.05, 0) is 6.42 Å². The van der Waals surface area contributed by atoms with Crippen molar-refractivity contribution in [3.05, 3.63) is 12.4 Å². The van der Waals surface area contributed by atoms with Crippen LogP contribution in [0.5, 0.6) is 0 Å². The van der Waals surface area contributed by atoms with Gasteiger partial charge < -0.3 is 4.90 Å². The molecule has 1 rings (SSSR count). The van der Waals surface area contributed by atoms with E-state index in [1.807, 2.05) is 25.1 Å². The van der Waals surface area contributed by atoms with Crippen LogP contribution in [-0.2, 0) is 0 Å². The standard InChI is InChI=1S/C6H12N2O/c1-3-6-7(2)4-5-8(6)9/h4-6,9H,3H2,1-2H3. The van der Waals surface area contributed by atoms with Crippen LogP contribution < -0.4 is 0 Å². The molecule has 0 aromatic rings. The van der Waals surface area contributed by atoms with E-state index >= 15 is 0 Å². The maximum atomic E-state index is 9.06. The molecule has 0 aliphatic carbocycles. The highest BCUT2D eigenvalue weighted by atomic mass is 16.5.